The van der Waals surface area contributed by atoms with E-state index in [1.165, 1.54) is 33.3 Å². The largest absolute Gasteiger partial charge is 0.480 e. The Hall–Kier alpha value is -1.87. The molecule has 2 aliphatic rings. The van der Waals surface area contributed by atoms with Crippen LogP contribution in [0.1, 0.15) is 5.56 Å². The molecular weight excluding hydrogens is 364 g/mol. The summed E-state index contributed by atoms with van der Waals surface area (Å²) in [6.07, 6.45) is -0.550. The van der Waals surface area contributed by atoms with Crippen LogP contribution in [0.2, 0.25) is 0 Å². The van der Waals surface area contributed by atoms with Crippen LogP contribution < -0.4 is 0 Å². The number of thioether (sulfide) groups is 2. The van der Waals surface area contributed by atoms with Crippen molar-refractivity contribution in [2.45, 2.75) is 18.7 Å². The van der Waals surface area contributed by atoms with Crippen molar-refractivity contribution in [2.24, 2.45) is 0 Å². The maximum atomic E-state index is 12.7. The maximum absolute atomic E-state index is 12.7. The van der Waals surface area contributed by atoms with Gasteiger partial charge in [0.1, 0.15) is 18.7 Å². The molecule has 0 radical (unpaired) electrons. The number of ether oxygens (including phenoxy) is 1. The number of carboxylic acids is 1. The lowest BCUT2D eigenvalue weighted by molar-refractivity contribution is -0.149. The zero-order valence-corrected chi connectivity index (χ0v) is 15.0. The Kier molecular flexibility index (Phi) is 5.74. The second-order valence-corrected chi connectivity index (χ2v) is 7.69. The molecule has 2 aliphatic heterocycles. The number of rotatable bonds is 4. The van der Waals surface area contributed by atoms with Gasteiger partial charge in [0.05, 0.1) is 11.8 Å². The smallest absolute Gasteiger partial charge is 0.411 e. The van der Waals surface area contributed by atoms with Gasteiger partial charge in [0.2, 0.25) is 5.91 Å². The van der Waals surface area contributed by atoms with E-state index in [1.54, 1.807) is 0 Å². The van der Waals surface area contributed by atoms with Gasteiger partial charge in [-0.05, 0) is 5.56 Å². The Labute approximate surface area is 153 Å². The summed E-state index contributed by atoms with van der Waals surface area (Å²) in [5.41, 5.74) is 0.868. The van der Waals surface area contributed by atoms with Crippen LogP contribution >= 0.6 is 23.5 Å². The molecule has 2 atom stereocenters. The van der Waals surface area contributed by atoms with Crippen LogP contribution in [0.25, 0.3) is 0 Å². The van der Waals surface area contributed by atoms with Crippen molar-refractivity contribution in [2.75, 3.05) is 23.3 Å². The molecule has 2 saturated heterocycles. The van der Waals surface area contributed by atoms with Crippen molar-refractivity contribution >= 4 is 41.5 Å². The molecule has 2 heterocycles. The molecule has 0 aromatic heterocycles. The van der Waals surface area contributed by atoms with Gasteiger partial charge in [-0.25, -0.2) is 9.59 Å². The van der Waals surface area contributed by atoms with Crippen LogP contribution in [0, 0.1) is 0 Å². The van der Waals surface area contributed by atoms with E-state index < -0.39 is 24.1 Å². The molecule has 3 rings (SSSR count). The number of hydrogen-bond donors (Lipinski definition) is 1. The number of carboxylic acid groups (broad SMARTS) is 1. The molecule has 2 amide bonds. The second kappa shape index (κ2) is 8.01. The Bertz CT molecular complexity index is 657. The van der Waals surface area contributed by atoms with Gasteiger partial charge in [-0.2, -0.15) is 0 Å². The summed E-state index contributed by atoms with van der Waals surface area (Å²) in [5, 5.41) is 9.24. The van der Waals surface area contributed by atoms with Crippen molar-refractivity contribution < 1.29 is 24.2 Å². The van der Waals surface area contributed by atoms with E-state index >= 15 is 0 Å². The summed E-state index contributed by atoms with van der Waals surface area (Å²) in [5.74, 6) is 0.194. The first-order chi connectivity index (χ1) is 12.1. The Morgan fingerprint density at radius 2 is 1.68 bits per heavy atom. The van der Waals surface area contributed by atoms with E-state index in [1.807, 2.05) is 30.3 Å². The molecule has 1 N–H and O–H groups in total. The molecule has 0 bridgehead atoms. The molecule has 0 unspecified atom stereocenters. The minimum absolute atomic E-state index is 0.138. The highest BCUT2D eigenvalue weighted by molar-refractivity contribution is 7.99. The number of carbonyl (C=O) groups is 3. The highest BCUT2D eigenvalue weighted by Gasteiger charge is 2.43. The zero-order chi connectivity index (χ0) is 17.8. The third-order valence-corrected chi connectivity index (χ3v) is 6.08. The topological polar surface area (TPSA) is 87.2 Å². The first kappa shape index (κ1) is 17.9. The summed E-state index contributed by atoms with van der Waals surface area (Å²) in [6.45, 7) is 0.138. The van der Waals surface area contributed by atoms with Gasteiger partial charge >= 0.3 is 12.1 Å². The molecule has 25 heavy (non-hydrogen) atoms. The van der Waals surface area contributed by atoms with E-state index in [2.05, 4.69) is 0 Å². The van der Waals surface area contributed by atoms with Crippen molar-refractivity contribution in [1.29, 1.82) is 0 Å². The number of hydrogen-bond acceptors (Lipinski definition) is 6. The quantitative estimate of drug-likeness (QED) is 0.848. The van der Waals surface area contributed by atoms with Crippen molar-refractivity contribution in [3.05, 3.63) is 35.9 Å². The summed E-state index contributed by atoms with van der Waals surface area (Å²) in [6, 6.07) is 7.81. The third kappa shape index (κ3) is 4.04. The standard InChI is InChI=1S/C16H18N2O5S2/c19-14(17-9-25-8-13(17)15(20)21)12-7-24-10-18(12)16(22)23-6-11-4-2-1-3-5-11/h1-5,12-13H,6-10H2,(H,20,21)/t12-,13-/m0/s1. The fraction of sp³-hybridized carbons (Fsp3) is 0.438. The van der Waals surface area contributed by atoms with Gasteiger partial charge in [0.15, 0.2) is 0 Å². The van der Waals surface area contributed by atoms with E-state index in [-0.39, 0.29) is 12.5 Å². The van der Waals surface area contributed by atoms with E-state index in [9.17, 15) is 19.5 Å². The number of aliphatic carboxylic acids is 1. The maximum Gasteiger partial charge on any atom is 0.411 e. The predicted octanol–water partition coefficient (Wildman–Crippen LogP) is 1.68. The minimum Gasteiger partial charge on any atom is -0.480 e. The molecule has 9 heteroatoms. The molecular formula is C16H18N2O5S2. The molecule has 0 aliphatic carbocycles. The molecule has 1 aromatic rings. The van der Waals surface area contributed by atoms with Gasteiger partial charge < -0.3 is 14.7 Å². The molecule has 2 fully saturated rings. The van der Waals surface area contributed by atoms with Gasteiger partial charge in [0.25, 0.3) is 0 Å². The molecule has 0 saturated carbocycles. The fourth-order valence-corrected chi connectivity index (χ4v) is 4.97. The van der Waals surface area contributed by atoms with Crippen LogP contribution in [-0.4, -0.2) is 68.2 Å². The Balaban J connectivity index is 1.62. The number of amides is 2. The first-order valence-corrected chi connectivity index (χ1v) is 10.0. The average molecular weight is 382 g/mol. The van der Waals surface area contributed by atoms with Gasteiger partial charge in [-0.1, -0.05) is 30.3 Å². The first-order valence-electron chi connectivity index (χ1n) is 7.74. The van der Waals surface area contributed by atoms with Crippen LogP contribution in [-0.2, 0) is 20.9 Å². The van der Waals surface area contributed by atoms with Crippen LogP contribution in [0.5, 0.6) is 0 Å². The summed E-state index contributed by atoms with van der Waals surface area (Å²) in [7, 11) is 0. The summed E-state index contributed by atoms with van der Waals surface area (Å²) >= 11 is 2.87. The molecule has 134 valence electrons. The Morgan fingerprint density at radius 3 is 2.36 bits per heavy atom. The highest BCUT2D eigenvalue weighted by Crippen LogP contribution is 2.28. The number of nitrogens with zero attached hydrogens (tertiary/aromatic N) is 2. The fourth-order valence-electron chi connectivity index (χ4n) is 2.69. The number of carbonyl (C=O) groups excluding carboxylic acids is 2. The minimum atomic E-state index is -1.01. The van der Waals surface area contributed by atoms with Crippen LogP contribution in [0.3, 0.4) is 0 Å². The SMILES string of the molecule is O=C(O)[C@@H]1CSCN1C(=O)[C@@H]1CSCN1C(=O)OCc1ccccc1. The lowest BCUT2D eigenvalue weighted by Crippen LogP contribution is -2.52. The zero-order valence-electron chi connectivity index (χ0n) is 13.4. The van der Waals surface area contributed by atoms with Crippen LogP contribution in [0.4, 0.5) is 4.79 Å². The highest BCUT2D eigenvalue weighted by atomic mass is 32.2. The van der Waals surface area contributed by atoms with Crippen molar-refractivity contribution in [3.63, 3.8) is 0 Å². The van der Waals surface area contributed by atoms with E-state index in [4.69, 9.17) is 4.74 Å². The molecule has 0 spiro atoms. The second-order valence-electron chi connectivity index (χ2n) is 5.69. The predicted molar refractivity (Wildman–Crippen MR) is 95.2 cm³/mol. The molecule has 1 aromatic carbocycles. The van der Waals surface area contributed by atoms with Crippen molar-refractivity contribution in [1.82, 2.24) is 9.80 Å². The average Bonchev–Trinajstić information content (AvgIpc) is 3.29. The van der Waals surface area contributed by atoms with Gasteiger partial charge in [0, 0.05) is 11.5 Å². The molecule has 7 nitrogen and oxygen atoms in total. The summed E-state index contributed by atoms with van der Waals surface area (Å²) in [4.78, 5) is 39.1. The van der Waals surface area contributed by atoms with Crippen LogP contribution in [0.15, 0.2) is 30.3 Å². The lowest BCUT2D eigenvalue weighted by Gasteiger charge is -2.28. The van der Waals surface area contributed by atoms with Gasteiger partial charge in [-0.3, -0.25) is 9.69 Å². The Morgan fingerprint density at radius 1 is 1.04 bits per heavy atom. The number of benzene rings is 1. The third-order valence-electron chi connectivity index (χ3n) is 4.06. The summed E-state index contributed by atoms with van der Waals surface area (Å²) < 4.78 is 5.31. The normalized spacial score (nSPS) is 22.9. The lowest BCUT2D eigenvalue weighted by atomic mass is 10.2. The monoisotopic (exact) mass is 382 g/mol. The van der Waals surface area contributed by atoms with Gasteiger partial charge in [-0.15, -0.1) is 23.5 Å². The van der Waals surface area contributed by atoms with E-state index in [0.29, 0.717) is 23.3 Å². The van der Waals surface area contributed by atoms with Crippen molar-refractivity contribution in [3.8, 4) is 0 Å². The van der Waals surface area contributed by atoms with E-state index in [0.717, 1.165) is 5.56 Å².